The fourth-order valence-corrected chi connectivity index (χ4v) is 9.72. The van der Waals surface area contributed by atoms with Gasteiger partial charge in [-0.2, -0.15) is 0 Å². The van der Waals surface area contributed by atoms with Crippen molar-refractivity contribution in [2.75, 3.05) is 93.3 Å². The van der Waals surface area contributed by atoms with Crippen molar-refractivity contribution in [3.8, 4) is 0 Å². The van der Waals surface area contributed by atoms with Crippen LogP contribution in [0, 0.1) is 35.0 Å². The van der Waals surface area contributed by atoms with Gasteiger partial charge < -0.3 is 58.0 Å². The topological polar surface area (TPSA) is 191 Å². The Balaban J connectivity index is 7.07. The third-order valence-electron chi connectivity index (χ3n) is 12.9. The van der Waals surface area contributed by atoms with E-state index in [1.807, 2.05) is 41.5 Å². The summed E-state index contributed by atoms with van der Waals surface area (Å²) in [6.07, 6.45) is 11.5. The molecule has 0 bridgehead atoms. The van der Waals surface area contributed by atoms with Gasteiger partial charge in [-0.1, -0.05) is 92.9 Å². The van der Waals surface area contributed by atoms with Crippen LogP contribution >= 0.6 is 0 Å². The molecule has 2 N–H and O–H groups in total. The highest BCUT2D eigenvalue weighted by Gasteiger charge is 2.38. The van der Waals surface area contributed by atoms with Gasteiger partial charge in [0.05, 0.1) is 78.7 Å². The number of carboxylic acids is 1. The lowest BCUT2D eigenvalue weighted by atomic mass is 9.80. The highest BCUT2D eigenvalue weighted by molar-refractivity contribution is 5.79. The zero-order chi connectivity index (χ0) is 53.9. The molecule has 0 aromatic carbocycles. The Kier molecular flexibility index (Phi) is 37.8. The summed E-state index contributed by atoms with van der Waals surface area (Å²) in [6.45, 7) is 28.1. The highest BCUT2D eigenvalue weighted by atomic mass is 16.6. The van der Waals surface area contributed by atoms with E-state index < -0.39 is 71.4 Å². The van der Waals surface area contributed by atoms with Crippen LogP contribution in [-0.4, -0.2) is 145 Å². The first-order valence-corrected chi connectivity index (χ1v) is 27.8. The molecule has 0 aromatic rings. The molecule has 0 aliphatic heterocycles. The van der Waals surface area contributed by atoms with Gasteiger partial charge in [-0.25, -0.2) is 0 Å². The molecule has 15 nitrogen and oxygen atoms in total. The van der Waals surface area contributed by atoms with Crippen LogP contribution in [-0.2, 0) is 57.1 Å². The number of aliphatic carboxylic acids is 1. The van der Waals surface area contributed by atoms with E-state index in [9.17, 15) is 24.3 Å². The van der Waals surface area contributed by atoms with E-state index in [0.717, 1.165) is 24.0 Å². The first-order valence-electron chi connectivity index (χ1n) is 27.8. The summed E-state index contributed by atoms with van der Waals surface area (Å²) < 4.78 is 48.7. The van der Waals surface area contributed by atoms with Gasteiger partial charge in [-0.05, 0) is 98.3 Å². The Morgan fingerprint density at radius 2 is 0.972 bits per heavy atom. The van der Waals surface area contributed by atoms with E-state index in [-0.39, 0.29) is 70.2 Å². The fourth-order valence-electron chi connectivity index (χ4n) is 9.72. The van der Waals surface area contributed by atoms with Gasteiger partial charge in [0.25, 0.3) is 0 Å². The molecule has 0 radical (unpaired) electrons. The van der Waals surface area contributed by atoms with Gasteiger partial charge in [0, 0.05) is 50.2 Å². The third kappa shape index (κ3) is 35.4. The van der Waals surface area contributed by atoms with Gasteiger partial charge >= 0.3 is 11.9 Å². The number of rotatable bonds is 47. The quantitative estimate of drug-likeness (QED) is 0.0346. The number of carbonyl (C=O) groups is 4. The molecule has 0 fully saturated rings. The molecule has 5 atom stereocenters. The van der Waals surface area contributed by atoms with Crippen LogP contribution in [0.3, 0.4) is 0 Å². The van der Waals surface area contributed by atoms with Gasteiger partial charge in [0.2, 0.25) is 5.91 Å². The van der Waals surface area contributed by atoms with Crippen molar-refractivity contribution in [1.82, 2.24) is 0 Å². The van der Waals surface area contributed by atoms with Gasteiger partial charge in [-0.15, -0.1) is 0 Å². The maximum atomic E-state index is 14.9. The molecule has 0 saturated carbocycles. The van der Waals surface area contributed by atoms with Gasteiger partial charge in [0.1, 0.15) is 23.9 Å². The lowest BCUT2D eigenvalue weighted by Crippen LogP contribution is -2.45. The molecular formula is C56H108N2O13. The minimum absolute atomic E-state index is 0.0270. The number of unbranched alkanes of at least 4 members (excludes halogenated alkanes) is 9. The van der Waals surface area contributed by atoms with E-state index in [1.165, 1.54) is 57.8 Å². The summed E-state index contributed by atoms with van der Waals surface area (Å²) in [7, 11) is 4.45. The smallest absolute Gasteiger partial charge is 0.309 e. The number of esters is 2. The molecule has 0 aliphatic rings. The number of nitrogens with two attached hydrogens (primary N) is 1. The number of carboxylic acid groups (broad SMARTS) is 1. The van der Waals surface area contributed by atoms with Gasteiger partial charge in [0.15, 0.2) is 0 Å². The van der Waals surface area contributed by atoms with Crippen LogP contribution in [0.25, 0.3) is 0 Å². The van der Waals surface area contributed by atoms with Crippen LogP contribution in [0.5, 0.6) is 0 Å². The second-order valence-corrected chi connectivity index (χ2v) is 22.5. The summed E-state index contributed by atoms with van der Waals surface area (Å²) in [5.41, 5.74) is 4.74. The van der Waals surface area contributed by atoms with Crippen LogP contribution in [0.15, 0.2) is 0 Å². The minimum Gasteiger partial charge on any atom is -0.550 e. The highest BCUT2D eigenvalue weighted by Crippen LogP contribution is 2.35. The Morgan fingerprint density at radius 3 is 1.38 bits per heavy atom. The second kappa shape index (κ2) is 39.1. The molecule has 0 heterocycles. The zero-order valence-electron chi connectivity index (χ0n) is 47.7. The molecule has 1 amide bonds. The lowest BCUT2D eigenvalue weighted by molar-refractivity contribution is -0.893. The van der Waals surface area contributed by atoms with E-state index in [2.05, 4.69) is 48.7 Å². The maximum absolute atomic E-state index is 14.9. The summed E-state index contributed by atoms with van der Waals surface area (Å²) in [5, 5.41) is 12.9. The molecule has 0 saturated heterocycles. The predicted octanol–water partition coefficient (Wildman–Crippen LogP) is 8.88. The number of ether oxygens (including phenoxy) is 8. The molecule has 0 aromatic heterocycles. The van der Waals surface area contributed by atoms with E-state index in [1.54, 1.807) is 6.92 Å². The van der Waals surface area contributed by atoms with Gasteiger partial charge in [-0.3, -0.25) is 14.4 Å². The Bertz CT molecular complexity index is 1350. The maximum Gasteiger partial charge on any atom is 0.309 e. The number of carbonyl (C=O) groups excluding carboxylic acids is 4. The van der Waals surface area contributed by atoms with Crippen molar-refractivity contribution >= 4 is 23.8 Å². The lowest BCUT2D eigenvalue weighted by Gasteiger charge is -2.36. The number of primary amides is 1. The summed E-state index contributed by atoms with van der Waals surface area (Å²) >= 11 is 0. The minimum atomic E-state index is -1.42. The van der Waals surface area contributed by atoms with Crippen LogP contribution in [0.4, 0.5) is 0 Å². The van der Waals surface area contributed by atoms with Crippen LogP contribution in [0.1, 0.15) is 186 Å². The number of hydrogen-bond acceptors (Lipinski definition) is 13. The molecule has 0 aliphatic carbocycles. The van der Waals surface area contributed by atoms with Crippen molar-refractivity contribution in [2.24, 2.45) is 40.7 Å². The molecular weight excluding hydrogens is 909 g/mol. The summed E-state index contributed by atoms with van der Waals surface area (Å²) in [4.78, 5) is 55.0. The molecule has 0 rings (SSSR count). The predicted molar refractivity (Wildman–Crippen MR) is 279 cm³/mol. The van der Waals surface area contributed by atoms with Crippen molar-refractivity contribution in [2.45, 2.75) is 210 Å². The average Bonchev–Trinajstić information content (AvgIpc) is 3.27. The molecule has 71 heavy (non-hydrogen) atoms. The van der Waals surface area contributed by atoms with Crippen molar-refractivity contribution in [3.63, 3.8) is 0 Å². The molecule has 0 spiro atoms. The SMILES string of the molecule is CCCCCCCCCCCC[N+](C)(C)CC(C)CC(CC(CC(CC(CC)C(N)=O)C(=O)[O-])C(=O)OC(COC(COCC)COCC)COC(COCC)COCC)C(=O)OC(C)(C)CC(C)(C)C. The summed E-state index contributed by atoms with van der Waals surface area (Å²) in [5.74, 6) is -7.14. The standard InChI is InChI=1S/C56H108N2O13/c1-15-21-22-23-24-25-26-27-28-29-30-58(13,14)35-43(7)31-46(54(63)71-56(11,12)42-55(8,9)10)34-47(33-45(52(60)61)32-44(16-2)51(57)59)53(62)70-50(40-68-48(36-64-17-3)37-65-18-4)41-69-49(38-66-19-5)39-67-20-6/h43-50H,15-42H2,1-14H3,(H2-,57,59,60,61). The molecule has 15 heteroatoms. The largest absolute Gasteiger partial charge is 0.550 e. The van der Waals surface area contributed by atoms with E-state index in [4.69, 9.17) is 43.6 Å². The van der Waals surface area contributed by atoms with Crippen molar-refractivity contribution in [3.05, 3.63) is 0 Å². The second-order valence-electron chi connectivity index (χ2n) is 22.5. The Hall–Kier alpha value is -2.40. The number of quaternary nitrogens is 1. The van der Waals surface area contributed by atoms with E-state index in [0.29, 0.717) is 45.7 Å². The zero-order valence-corrected chi connectivity index (χ0v) is 47.7. The summed E-state index contributed by atoms with van der Waals surface area (Å²) in [6, 6.07) is 0. The van der Waals surface area contributed by atoms with E-state index >= 15 is 0 Å². The molecule has 5 unspecified atom stereocenters. The first kappa shape index (κ1) is 68.6. The van der Waals surface area contributed by atoms with Crippen LogP contribution < -0.4 is 10.8 Å². The number of nitrogens with zero attached hydrogens (tertiary/aromatic N) is 1. The Morgan fingerprint density at radius 1 is 0.549 bits per heavy atom. The average molecular weight is 1020 g/mol. The van der Waals surface area contributed by atoms with Crippen LogP contribution in [0.2, 0.25) is 0 Å². The monoisotopic (exact) mass is 1020 g/mol. The van der Waals surface area contributed by atoms with Crippen molar-refractivity contribution in [1.29, 1.82) is 0 Å². The van der Waals surface area contributed by atoms with Crippen molar-refractivity contribution < 1.29 is 66.7 Å². The number of amides is 1. The Labute approximate surface area is 432 Å². The fraction of sp³-hybridized carbons (Fsp3) is 0.929. The normalized spacial score (nSPS) is 14.7. The molecule has 420 valence electrons. The first-order chi connectivity index (χ1) is 33.5. The third-order valence-corrected chi connectivity index (χ3v) is 12.9. The number of hydrogen-bond donors (Lipinski definition) is 1.